The van der Waals surface area contributed by atoms with E-state index in [0.717, 1.165) is 11.8 Å². The van der Waals surface area contributed by atoms with Gasteiger partial charge in [0.05, 0.1) is 24.2 Å². The summed E-state index contributed by atoms with van der Waals surface area (Å²) in [6.07, 6.45) is 2.19. The van der Waals surface area contributed by atoms with Gasteiger partial charge in [0.1, 0.15) is 17.6 Å². The number of alkyl halides is 1. The Morgan fingerprint density at radius 2 is 2.22 bits per heavy atom. The smallest absolute Gasteiger partial charge is 0.198 e. The molecule has 4 nitrogen and oxygen atoms in total. The van der Waals surface area contributed by atoms with Crippen LogP contribution in [0.4, 0.5) is 0 Å². The van der Waals surface area contributed by atoms with Crippen molar-refractivity contribution in [2.75, 3.05) is 11.9 Å². The fraction of sp³-hybridized carbons (Fsp3) is 0.308. The lowest BCUT2D eigenvalue weighted by Crippen LogP contribution is -2.08. The van der Waals surface area contributed by atoms with Crippen LogP contribution < -0.4 is 10.2 Å². The van der Waals surface area contributed by atoms with Crippen molar-refractivity contribution in [3.63, 3.8) is 0 Å². The first-order valence-electron chi connectivity index (χ1n) is 5.60. The highest BCUT2D eigenvalue weighted by molar-refractivity contribution is 9.09. The lowest BCUT2D eigenvalue weighted by atomic mass is 10.2. The molecule has 5 heteroatoms. The van der Waals surface area contributed by atoms with E-state index in [4.69, 9.17) is 14.3 Å². The lowest BCUT2D eigenvalue weighted by Gasteiger charge is -2.06. The number of ether oxygens (including phenoxy) is 1. The van der Waals surface area contributed by atoms with E-state index in [2.05, 4.69) is 15.9 Å². The second kappa shape index (κ2) is 6.02. The quantitative estimate of drug-likeness (QED) is 0.680. The number of fused-ring (bicyclic) bond motifs is 1. The minimum atomic E-state index is -0.318. The number of aliphatic hydroxyl groups excluding tert-OH is 1. The van der Waals surface area contributed by atoms with Crippen molar-refractivity contribution in [2.24, 2.45) is 0 Å². The largest absolute Gasteiger partial charge is 0.493 e. The molecule has 1 heterocycles. The maximum Gasteiger partial charge on any atom is 0.198 e. The van der Waals surface area contributed by atoms with E-state index in [9.17, 15) is 4.79 Å². The predicted octanol–water partition coefficient (Wildman–Crippen LogP) is 2.45. The molecule has 0 fully saturated rings. The summed E-state index contributed by atoms with van der Waals surface area (Å²) >= 11 is 3.32. The fourth-order valence-corrected chi connectivity index (χ4v) is 1.82. The number of hydrogen-bond donors (Lipinski definition) is 1. The van der Waals surface area contributed by atoms with Gasteiger partial charge < -0.3 is 14.3 Å². The van der Waals surface area contributed by atoms with Gasteiger partial charge in [-0.25, -0.2) is 0 Å². The van der Waals surface area contributed by atoms with Crippen LogP contribution in [-0.4, -0.2) is 17.0 Å². The summed E-state index contributed by atoms with van der Waals surface area (Å²) in [6.45, 7) is 0.289. The molecule has 0 saturated carbocycles. The van der Waals surface area contributed by atoms with Crippen molar-refractivity contribution in [3.8, 4) is 5.75 Å². The van der Waals surface area contributed by atoms with E-state index in [-0.39, 0.29) is 17.6 Å². The van der Waals surface area contributed by atoms with Crippen molar-refractivity contribution in [3.05, 3.63) is 40.2 Å². The predicted molar refractivity (Wildman–Crippen MR) is 72.3 cm³/mol. The Balaban J connectivity index is 2.32. The standard InChI is InChI=1S/C13H13BrO4/c14-4-1-5-17-10-2-3-11-12(6-10)18-8-9(7-15)13(11)16/h2-3,6,8,15H,1,4-5,7H2. The van der Waals surface area contributed by atoms with Crippen LogP contribution in [0.25, 0.3) is 11.0 Å². The Hall–Kier alpha value is -1.33. The molecule has 0 atom stereocenters. The Bertz CT molecular complexity index is 591. The average Bonchev–Trinajstić information content (AvgIpc) is 2.39. The molecule has 0 saturated heterocycles. The Labute approximate surface area is 112 Å². The van der Waals surface area contributed by atoms with Gasteiger partial charge in [-0.3, -0.25) is 4.79 Å². The molecule has 1 aromatic heterocycles. The molecule has 0 unspecified atom stereocenters. The first-order chi connectivity index (χ1) is 8.76. The van der Waals surface area contributed by atoms with E-state index in [1.807, 2.05) is 0 Å². The minimum absolute atomic E-state index is 0.203. The van der Waals surface area contributed by atoms with Gasteiger partial charge in [0.25, 0.3) is 0 Å². The molecule has 96 valence electrons. The number of halogens is 1. The highest BCUT2D eigenvalue weighted by Crippen LogP contribution is 2.19. The van der Waals surface area contributed by atoms with Crippen LogP contribution in [0.5, 0.6) is 5.75 Å². The molecule has 0 aliphatic heterocycles. The summed E-state index contributed by atoms with van der Waals surface area (Å²) in [5.41, 5.74) is 0.523. The number of benzene rings is 1. The topological polar surface area (TPSA) is 59.7 Å². The zero-order chi connectivity index (χ0) is 13.0. The first kappa shape index (κ1) is 13.1. The van der Waals surface area contributed by atoms with Crippen LogP contribution in [0.15, 0.2) is 33.7 Å². The van der Waals surface area contributed by atoms with Gasteiger partial charge in [-0.15, -0.1) is 0 Å². The summed E-state index contributed by atoms with van der Waals surface area (Å²) in [4.78, 5) is 11.9. The SMILES string of the molecule is O=c1c(CO)coc2cc(OCCCBr)ccc12. The van der Waals surface area contributed by atoms with Gasteiger partial charge in [0.2, 0.25) is 0 Å². The molecular weight excluding hydrogens is 300 g/mol. The third kappa shape index (κ3) is 2.73. The van der Waals surface area contributed by atoms with Crippen molar-refractivity contribution in [2.45, 2.75) is 13.0 Å². The van der Waals surface area contributed by atoms with Crippen molar-refractivity contribution in [1.29, 1.82) is 0 Å². The van der Waals surface area contributed by atoms with Crippen LogP contribution in [0.3, 0.4) is 0 Å². The van der Waals surface area contributed by atoms with E-state index >= 15 is 0 Å². The fourth-order valence-electron chi connectivity index (χ4n) is 1.59. The van der Waals surface area contributed by atoms with E-state index in [1.54, 1.807) is 18.2 Å². The maximum absolute atomic E-state index is 11.9. The number of aliphatic hydroxyl groups is 1. The normalized spacial score (nSPS) is 10.8. The van der Waals surface area contributed by atoms with Gasteiger partial charge >= 0.3 is 0 Å². The van der Waals surface area contributed by atoms with Gasteiger partial charge in [-0.05, 0) is 18.6 Å². The molecule has 1 aromatic carbocycles. The van der Waals surface area contributed by atoms with Gasteiger partial charge in [0, 0.05) is 11.4 Å². The summed E-state index contributed by atoms with van der Waals surface area (Å²) in [6, 6.07) is 5.07. The molecule has 0 radical (unpaired) electrons. The Morgan fingerprint density at radius 1 is 1.39 bits per heavy atom. The summed E-state index contributed by atoms with van der Waals surface area (Å²) in [5.74, 6) is 0.670. The second-order valence-electron chi connectivity index (χ2n) is 3.80. The minimum Gasteiger partial charge on any atom is -0.493 e. The molecule has 0 amide bonds. The molecular formula is C13H13BrO4. The van der Waals surface area contributed by atoms with E-state index in [0.29, 0.717) is 23.3 Å². The highest BCUT2D eigenvalue weighted by Gasteiger charge is 2.07. The molecule has 2 aromatic rings. The first-order valence-corrected chi connectivity index (χ1v) is 6.72. The average molecular weight is 313 g/mol. The molecule has 18 heavy (non-hydrogen) atoms. The molecule has 0 aliphatic rings. The lowest BCUT2D eigenvalue weighted by molar-refractivity contribution is 0.277. The van der Waals surface area contributed by atoms with Crippen LogP contribution in [-0.2, 0) is 6.61 Å². The van der Waals surface area contributed by atoms with Crippen molar-refractivity contribution < 1.29 is 14.3 Å². The monoisotopic (exact) mass is 312 g/mol. The highest BCUT2D eigenvalue weighted by atomic mass is 79.9. The van der Waals surface area contributed by atoms with Crippen molar-refractivity contribution >= 4 is 26.9 Å². The molecule has 0 bridgehead atoms. The molecule has 0 aliphatic carbocycles. The third-order valence-corrected chi connectivity index (χ3v) is 3.10. The zero-order valence-corrected chi connectivity index (χ0v) is 11.3. The van der Waals surface area contributed by atoms with Gasteiger partial charge in [-0.1, -0.05) is 15.9 Å². The van der Waals surface area contributed by atoms with Crippen LogP contribution in [0.2, 0.25) is 0 Å². The molecule has 1 N–H and O–H groups in total. The van der Waals surface area contributed by atoms with Crippen LogP contribution >= 0.6 is 15.9 Å². The summed E-state index contributed by atoms with van der Waals surface area (Å²) in [7, 11) is 0. The Morgan fingerprint density at radius 3 is 2.94 bits per heavy atom. The summed E-state index contributed by atoms with van der Waals surface area (Å²) in [5, 5.41) is 10.3. The zero-order valence-electron chi connectivity index (χ0n) is 9.69. The maximum atomic E-state index is 11.9. The number of hydrogen-bond acceptors (Lipinski definition) is 4. The number of rotatable bonds is 5. The third-order valence-electron chi connectivity index (χ3n) is 2.53. The Kier molecular flexibility index (Phi) is 4.38. The van der Waals surface area contributed by atoms with Gasteiger partial charge in [0.15, 0.2) is 5.43 Å². The molecule has 2 rings (SSSR count). The van der Waals surface area contributed by atoms with Crippen LogP contribution in [0, 0.1) is 0 Å². The van der Waals surface area contributed by atoms with Gasteiger partial charge in [-0.2, -0.15) is 0 Å². The van der Waals surface area contributed by atoms with Crippen molar-refractivity contribution in [1.82, 2.24) is 0 Å². The van der Waals surface area contributed by atoms with E-state index in [1.165, 1.54) is 6.26 Å². The second-order valence-corrected chi connectivity index (χ2v) is 4.59. The van der Waals surface area contributed by atoms with Crippen LogP contribution in [0.1, 0.15) is 12.0 Å². The summed E-state index contributed by atoms with van der Waals surface area (Å²) < 4.78 is 10.8. The van der Waals surface area contributed by atoms with E-state index < -0.39 is 0 Å². The molecule has 0 spiro atoms.